The van der Waals surface area contributed by atoms with Crippen molar-refractivity contribution in [3.63, 3.8) is 0 Å². The Morgan fingerprint density at radius 2 is 1.96 bits per heavy atom. The Bertz CT molecular complexity index is 760. The van der Waals surface area contributed by atoms with Gasteiger partial charge in [-0.2, -0.15) is 0 Å². The number of hydrogen-bond acceptors (Lipinski definition) is 3. The SMILES string of the molecule is Cc1cc(C(=O)O)ccc1NCc1cc(Br)cc(Br)c1OC(C)C. The first-order valence-electron chi connectivity index (χ1n) is 7.50. The molecule has 6 heteroatoms. The fourth-order valence-electron chi connectivity index (χ4n) is 2.30. The molecule has 2 N–H and O–H groups in total. The minimum absolute atomic E-state index is 0.0674. The van der Waals surface area contributed by atoms with Crippen molar-refractivity contribution >= 4 is 43.5 Å². The molecule has 0 saturated heterocycles. The van der Waals surface area contributed by atoms with Crippen LogP contribution < -0.4 is 10.1 Å². The first-order chi connectivity index (χ1) is 11.3. The second-order valence-corrected chi connectivity index (χ2v) is 7.50. The largest absolute Gasteiger partial charge is 0.489 e. The summed E-state index contributed by atoms with van der Waals surface area (Å²) >= 11 is 7.05. The highest BCUT2D eigenvalue weighted by Crippen LogP contribution is 2.34. The summed E-state index contributed by atoms with van der Waals surface area (Å²) in [5, 5.41) is 12.4. The van der Waals surface area contributed by atoms with Gasteiger partial charge in [-0.05, 0) is 72.6 Å². The minimum Gasteiger partial charge on any atom is -0.489 e. The number of carboxylic acid groups (broad SMARTS) is 1. The van der Waals surface area contributed by atoms with Crippen molar-refractivity contribution in [2.75, 3.05) is 5.32 Å². The Balaban J connectivity index is 2.24. The van der Waals surface area contributed by atoms with Crippen molar-refractivity contribution in [1.82, 2.24) is 0 Å². The zero-order chi connectivity index (χ0) is 17.9. The van der Waals surface area contributed by atoms with Crippen LogP contribution >= 0.6 is 31.9 Å². The fourth-order valence-corrected chi connectivity index (χ4v) is 3.71. The standard InChI is InChI=1S/C18H19Br2NO3/c1-10(2)24-17-13(7-14(19)8-15(17)20)9-21-16-5-4-12(18(22)23)6-11(16)3/h4-8,10,21H,9H2,1-3H3,(H,22,23). The molecule has 0 aliphatic carbocycles. The molecule has 0 radical (unpaired) electrons. The summed E-state index contributed by atoms with van der Waals surface area (Å²) in [7, 11) is 0. The number of halogens is 2. The van der Waals surface area contributed by atoms with E-state index in [1.165, 1.54) is 0 Å². The number of carbonyl (C=O) groups is 1. The van der Waals surface area contributed by atoms with E-state index in [2.05, 4.69) is 37.2 Å². The van der Waals surface area contributed by atoms with Crippen LogP contribution in [0.1, 0.15) is 35.3 Å². The average Bonchev–Trinajstić information content (AvgIpc) is 2.48. The number of anilines is 1. The summed E-state index contributed by atoms with van der Waals surface area (Å²) in [4.78, 5) is 11.0. The van der Waals surface area contributed by atoms with Crippen LogP contribution in [-0.2, 0) is 6.54 Å². The molecule has 0 saturated carbocycles. The van der Waals surface area contributed by atoms with Gasteiger partial charge < -0.3 is 15.2 Å². The third-order valence-electron chi connectivity index (χ3n) is 3.38. The van der Waals surface area contributed by atoms with Crippen LogP contribution in [-0.4, -0.2) is 17.2 Å². The van der Waals surface area contributed by atoms with Crippen molar-refractivity contribution < 1.29 is 14.6 Å². The lowest BCUT2D eigenvalue weighted by Gasteiger charge is -2.18. The number of rotatable bonds is 6. The zero-order valence-corrected chi connectivity index (χ0v) is 16.9. The van der Waals surface area contributed by atoms with Crippen LogP contribution in [0.5, 0.6) is 5.75 Å². The number of aryl methyl sites for hydroxylation is 1. The number of ether oxygens (including phenoxy) is 1. The highest BCUT2D eigenvalue weighted by Gasteiger charge is 2.13. The van der Waals surface area contributed by atoms with E-state index >= 15 is 0 Å². The molecule has 0 spiro atoms. The third-order valence-corrected chi connectivity index (χ3v) is 4.43. The summed E-state index contributed by atoms with van der Waals surface area (Å²) in [6, 6.07) is 9.01. The summed E-state index contributed by atoms with van der Waals surface area (Å²) in [5.74, 6) is -0.117. The van der Waals surface area contributed by atoms with Gasteiger partial charge in [0.15, 0.2) is 0 Å². The molecule has 128 valence electrons. The second-order valence-electron chi connectivity index (χ2n) is 5.73. The first-order valence-corrected chi connectivity index (χ1v) is 9.09. The second kappa shape index (κ2) is 8.03. The van der Waals surface area contributed by atoms with E-state index in [-0.39, 0.29) is 11.7 Å². The number of carboxylic acids is 1. The van der Waals surface area contributed by atoms with Crippen LogP contribution in [0.3, 0.4) is 0 Å². The molecule has 24 heavy (non-hydrogen) atoms. The van der Waals surface area contributed by atoms with Gasteiger partial charge >= 0.3 is 5.97 Å². The van der Waals surface area contributed by atoms with Gasteiger partial charge in [-0.15, -0.1) is 0 Å². The summed E-state index contributed by atoms with van der Waals surface area (Å²) in [5.41, 5.74) is 3.07. The average molecular weight is 457 g/mol. The van der Waals surface area contributed by atoms with E-state index in [1.807, 2.05) is 32.9 Å². The topological polar surface area (TPSA) is 58.6 Å². The number of aromatic carboxylic acids is 1. The van der Waals surface area contributed by atoms with Crippen molar-refractivity contribution in [3.8, 4) is 5.75 Å². The van der Waals surface area contributed by atoms with Crippen molar-refractivity contribution in [1.29, 1.82) is 0 Å². The highest BCUT2D eigenvalue weighted by atomic mass is 79.9. The van der Waals surface area contributed by atoms with Crippen LogP contribution in [0.15, 0.2) is 39.3 Å². The quantitative estimate of drug-likeness (QED) is 0.592. The maximum Gasteiger partial charge on any atom is 0.335 e. The Morgan fingerprint density at radius 1 is 1.25 bits per heavy atom. The molecule has 0 unspecified atom stereocenters. The van der Waals surface area contributed by atoms with E-state index in [0.29, 0.717) is 6.54 Å². The smallest absolute Gasteiger partial charge is 0.335 e. The number of nitrogens with one attached hydrogen (secondary N) is 1. The molecule has 0 aliphatic heterocycles. The van der Waals surface area contributed by atoms with Gasteiger partial charge in [0, 0.05) is 22.3 Å². The molecule has 0 amide bonds. The molecule has 0 aromatic heterocycles. The molecule has 0 aliphatic rings. The number of benzene rings is 2. The van der Waals surface area contributed by atoms with E-state index in [9.17, 15) is 4.79 Å². The highest BCUT2D eigenvalue weighted by molar-refractivity contribution is 9.11. The Hall–Kier alpha value is -1.53. The molecule has 0 bridgehead atoms. The predicted octanol–water partition coefficient (Wildman–Crippen LogP) is 5.62. The van der Waals surface area contributed by atoms with Gasteiger partial charge in [-0.1, -0.05) is 15.9 Å². The van der Waals surface area contributed by atoms with Crippen LogP contribution in [0.25, 0.3) is 0 Å². The van der Waals surface area contributed by atoms with Crippen molar-refractivity contribution in [3.05, 3.63) is 56.0 Å². The molecule has 0 heterocycles. The lowest BCUT2D eigenvalue weighted by atomic mass is 10.1. The van der Waals surface area contributed by atoms with E-state index in [4.69, 9.17) is 9.84 Å². The molecule has 0 atom stereocenters. The van der Waals surface area contributed by atoms with Gasteiger partial charge in [0.2, 0.25) is 0 Å². The molecule has 2 rings (SSSR count). The molecule has 2 aromatic rings. The minimum atomic E-state index is -0.923. The maximum atomic E-state index is 11.0. The Kier molecular flexibility index (Phi) is 6.29. The first kappa shape index (κ1) is 18.8. The van der Waals surface area contributed by atoms with Crippen LogP contribution in [0, 0.1) is 6.92 Å². The number of hydrogen-bond donors (Lipinski definition) is 2. The van der Waals surface area contributed by atoms with Crippen LogP contribution in [0.2, 0.25) is 0 Å². The van der Waals surface area contributed by atoms with Gasteiger partial charge in [0.1, 0.15) is 5.75 Å². The zero-order valence-electron chi connectivity index (χ0n) is 13.7. The van der Waals surface area contributed by atoms with Crippen molar-refractivity contribution in [2.24, 2.45) is 0 Å². The molecule has 4 nitrogen and oxygen atoms in total. The molecular formula is C18H19Br2NO3. The van der Waals surface area contributed by atoms with Gasteiger partial charge in [-0.3, -0.25) is 0 Å². The molecule has 0 fully saturated rings. The van der Waals surface area contributed by atoms with E-state index < -0.39 is 5.97 Å². The normalized spacial score (nSPS) is 10.8. The van der Waals surface area contributed by atoms with E-state index in [1.54, 1.807) is 18.2 Å². The van der Waals surface area contributed by atoms with Gasteiger partial charge in [0.25, 0.3) is 0 Å². The Morgan fingerprint density at radius 3 is 2.54 bits per heavy atom. The van der Waals surface area contributed by atoms with Gasteiger partial charge in [-0.25, -0.2) is 4.79 Å². The monoisotopic (exact) mass is 455 g/mol. The summed E-state index contributed by atoms with van der Waals surface area (Å²) < 4.78 is 7.76. The summed E-state index contributed by atoms with van der Waals surface area (Å²) in [6.45, 7) is 6.42. The van der Waals surface area contributed by atoms with Crippen LogP contribution in [0.4, 0.5) is 5.69 Å². The predicted molar refractivity (Wildman–Crippen MR) is 103 cm³/mol. The third kappa shape index (κ3) is 4.74. The lowest BCUT2D eigenvalue weighted by molar-refractivity contribution is 0.0697. The van der Waals surface area contributed by atoms with Crippen molar-refractivity contribution in [2.45, 2.75) is 33.4 Å². The van der Waals surface area contributed by atoms with Gasteiger partial charge in [0.05, 0.1) is 16.1 Å². The molecular weight excluding hydrogens is 438 g/mol. The molecule has 2 aromatic carbocycles. The maximum absolute atomic E-state index is 11.0. The summed E-state index contributed by atoms with van der Waals surface area (Å²) in [6.07, 6.45) is 0.0674. The fraction of sp³-hybridized carbons (Fsp3) is 0.278. The van der Waals surface area contributed by atoms with E-state index in [0.717, 1.165) is 31.5 Å². The lowest BCUT2D eigenvalue weighted by Crippen LogP contribution is -2.10. The Labute approximate surface area is 158 Å².